The molecule has 90 valence electrons. The van der Waals surface area contributed by atoms with Gasteiger partial charge in [-0.1, -0.05) is 18.2 Å². The van der Waals surface area contributed by atoms with E-state index >= 15 is 0 Å². The van der Waals surface area contributed by atoms with Crippen molar-refractivity contribution in [1.82, 2.24) is 9.78 Å². The van der Waals surface area contributed by atoms with Crippen LogP contribution in [0.3, 0.4) is 0 Å². The van der Waals surface area contributed by atoms with Gasteiger partial charge in [0.25, 0.3) is 0 Å². The van der Waals surface area contributed by atoms with Crippen LogP contribution in [-0.4, -0.2) is 14.9 Å². The molecule has 4 nitrogen and oxygen atoms in total. The molecule has 0 spiro atoms. The smallest absolute Gasteiger partial charge is 0.151 e. The summed E-state index contributed by atoms with van der Waals surface area (Å²) in [6, 6.07) is 7.75. The Morgan fingerprint density at radius 3 is 2.59 bits per heavy atom. The van der Waals surface area contributed by atoms with Crippen molar-refractivity contribution in [2.45, 2.75) is 20.1 Å². The third-order valence-electron chi connectivity index (χ3n) is 2.95. The molecule has 0 fully saturated rings. The Kier molecular flexibility index (Phi) is 3.15. The maximum atomic E-state index is 10.1. The molecule has 0 aliphatic carbocycles. The van der Waals surface area contributed by atoms with E-state index in [-0.39, 0.29) is 0 Å². The van der Waals surface area contributed by atoms with Crippen molar-refractivity contribution in [1.29, 1.82) is 0 Å². The molecule has 1 atom stereocenters. The van der Waals surface area contributed by atoms with Gasteiger partial charge in [-0.05, 0) is 25.0 Å². The van der Waals surface area contributed by atoms with Gasteiger partial charge in [0.2, 0.25) is 0 Å². The van der Waals surface area contributed by atoms with E-state index < -0.39 is 6.23 Å². The number of hydrogen-bond acceptors (Lipinski definition) is 3. The van der Waals surface area contributed by atoms with Gasteiger partial charge in [0, 0.05) is 18.7 Å². The van der Waals surface area contributed by atoms with Gasteiger partial charge in [-0.25, -0.2) is 0 Å². The molecule has 2 N–H and O–H groups in total. The Hall–Kier alpha value is -1.81. The minimum absolute atomic E-state index is 0.718. The predicted molar refractivity (Wildman–Crippen MR) is 67.7 cm³/mol. The van der Waals surface area contributed by atoms with Crippen LogP contribution in [0.1, 0.15) is 22.9 Å². The van der Waals surface area contributed by atoms with E-state index in [0.29, 0.717) is 0 Å². The Balaban J connectivity index is 2.17. The van der Waals surface area contributed by atoms with Crippen LogP contribution in [0.5, 0.6) is 0 Å². The zero-order valence-corrected chi connectivity index (χ0v) is 10.3. The molecule has 2 aromatic rings. The highest BCUT2D eigenvalue weighted by atomic mass is 16.3. The normalized spacial score (nSPS) is 12.5. The van der Waals surface area contributed by atoms with Crippen LogP contribution in [0.4, 0.5) is 5.82 Å². The molecule has 2 rings (SSSR count). The van der Waals surface area contributed by atoms with Crippen molar-refractivity contribution < 1.29 is 5.11 Å². The summed E-state index contributed by atoms with van der Waals surface area (Å²) in [5, 5.41) is 17.1. The number of aromatic nitrogens is 2. The first kappa shape index (κ1) is 11.7. The lowest BCUT2D eigenvalue weighted by atomic mass is 10.1. The van der Waals surface area contributed by atoms with Crippen molar-refractivity contribution in [3.05, 3.63) is 47.2 Å². The van der Waals surface area contributed by atoms with Crippen molar-refractivity contribution >= 4 is 5.82 Å². The van der Waals surface area contributed by atoms with Gasteiger partial charge in [0.05, 0.1) is 6.20 Å². The fourth-order valence-corrected chi connectivity index (χ4v) is 1.67. The number of rotatable bonds is 3. The van der Waals surface area contributed by atoms with E-state index in [9.17, 15) is 5.11 Å². The largest absolute Gasteiger partial charge is 0.369 e. The third-order valence-corrected chi connectivity index (χ3v) is 2.95. The summed E-state index contributed by atoms with van der Waals surface area (Å²) in [5.41, 5.74) is 3.25. The number of benzene rings is 1. The summed E-state index contributed by atoms with van der Waals surface area (Å²) < 4.78 is 1.68. The van der Waals surface area contributed by atoms with Crippen molar-refractivity contribution in [3.8, 4) is 0 Å². The summed E-state index contributed by atoms with van der Waals surface area (Å²) in [4.78, 5) is 0. The van der Waals surface area contributed by atoms with Gasteiger partial charge in [-0.2, -0.15) is 5.10 Å². The van der Waals surface area contributed by atoms with E-state index in [1.165, 1.54) is 11.1 Å². The van der Waals surface area contributed by atoms with Crippen LogP contribution < -0.4 is 5.32 Å². The molecule has 0 aliphatic rings. The lowest BCUT2D eigenvalue weighted by molar-refractivity contribution is 0.207. The van der Waals surface area contributed by atoms with Crippen LogP contribution in [-0.2, 0) is 7.05 Å². The fraction of sp³-hybridized carbons (Fsp3) is 0.308. The molecule has 17 heavy (non-hydrogen) atoms. The monoisotopic (exact) mass is 231 g/mol. The maximum Gasteiger partial charge on any atom is 0.151 e. The molecule has 1 unspecified atom stereocenters. The summed E-state index contributed by atoms with van der Waals surface area (Å²) in [5.74, 6) is 0.788. The molecule has 1 aromatic carbocycles. The first-order valence-corrected chi connectivity index (χ1v) is 5.57. The Labute approximate surface area is 101 Å². The number of nitrogens with zero attached hydrogens (tertiary/aromatic N) is 2. The van der Waals surface area contributed by atoms with Crippen LogP contribution >= 0.6 is 0 Å². The molecule has 0 bridgehead atoms. The number of nitrogens with one attached hydrogen (secondary N) is 1. The average molecular weight is 231 g/mol. The van der Waals surface area contributed by atoms with Gasteiger partial charge in [0.1, 0.15) is 5.82 Å². The second-order valence-electron chi connectivity index (χ2n) is 4.23. The van der Waals surface area contributed by atoms with E-state index in [4.69, 9.17) is 0 Å². The average Bonchev–Trinajstić information content (AvgIpc) is 2.68. The highest BCUT2D eigenvalue weighted by Crippen LogP contribution is 2.19. The summed E-state index contributed by atoms with van der Waals surface area (Å²) in [7, 11) is 1.83. The second-order valence-corrected chi connectivity index (χ2v) is 4.23. The predicted octanol–water partition coefficient (Wildman–Crippen LogP) is 2.14. The molecule has 1 aromatic heterocycles. The highest BCUT2D eigenvalue weighted by Gasteiger charge is 2.09. The van der Waals surface area contributed by atoms with E-state index in [1.807, 2.05) is 38.2 Å². The number of aliphatic hydroxyl groups excluding tert-OH is 1. The standard InChI is InChI=1S/C13H17N3O/c1-9-4-5-11(8-10(9)2)13(17)15-12-6-7-14-16(12)3/h4-8,13,15,17H,1-3H3. The zero-order chi connectivity index (χ0) is 12.4. The van der Waals surface area contributed by atoms with Crippen LogP contribution in [0.2, 0.25) is 0 Å². The Bertz CT molecular complexity index is 519. The van der Waals surface area contributed by atoms with E-state index in [2.05, 4.69) is 17.3 Å². The minimum atomic E-state index is -0.718. The summed E-state index contributed by atoms with van der Waals surface area (Å²) in [6.45, 7) is 4.09. The molecule has 0 saturated carbocycles. The first-order chi connectivity index (χ1) is 8.08. The summed E-state index contributed by atoms with van der Waals surface area (Å²) in [6.07, 6.45) is 0.972. The molecule has 0 aliphatic heterocycles. The van der Waals surface area contributed by atoms with Gasteiger partial charge < -0.3 is 10.4 Å². The second kappa shape index (κ2) is 4.59. The zero-order valence-electron chi connectivity index (χ0n) is 10.3. The highest BCUT2D eigenvalue weighted by molar-refractivity contribution is 5.38. The summed E-state index contributed by atoms with van der Waals surface area (Å²) >= 11 is 0. The topological polar surface area (TPSA) is 50.1 Å². The van der Waals surface area contributed by atoms with Gasteiger partial charge in [-0.15, -0.1) is 0 Å². The van der Waals surface area contributed by atoms with Crippen LogP contribution in [0.25, 0.3) is 0 Å². The minimum Gasteiger partial charge on any atom is -0.369 e. The molecular weight excluding hydrogens is 214 g/mol. The van der Waals surface area contributed by atoms with Crippen molar-refractivity contribution in [2.24, 2.45) is 7.05 Å². The third kappa shape index (κ3) is 2.47. The van der Waals surface area contributed by atoms with Crippen LogP contribution in [0, 0.1) is 13.8 Å². The molecule has 0 amide bonds. The van der Waals surface area contributed by atoms with Crippen molar-refractivity contribution in [3.63, 3.8) is 0 Å². The van der Waals surface area contributed by atoms with Crippen molar-refractivity contribution in [2.75, 3.05) is 5.32 Å². The molecule has 0 radical (unpaired) electrons. The first-order valence-electron chi connectivity index (χ1n) is 5.57. The Morgan fingerprint density at radius 2 is 2.00 bits per heavy atom. The van der Waals surface area contributed by atoms with Gasteiger partial charge in [0.15, 0.2) is 6.23 Å². The number of aryl methyl sites for hydroxylation is 3. The SMILES string of the molecule is Cc1ccc(C(O)Nc2ccnn2C)cc1C. The number of anilines is 1. The lowest BCUT2D eigenvalue weighted by Gasteiger charge is -2.15. The number of aliphatic hydroxyl groups is 1. The van der Waals surface area contributed by atoms with Crippen LogP contribution in [0.15, 0.2) is 30.5 Å². The number of hydrogen-bond donors (Lipinski definition) is 2. The Morgan fingerprint density at radius 1 is 1.24 bits per heavy atom. The van der Waals surface area contributed by atoms with E-state index in [0.717, 1.165) is 11.4 Å². The fourth-order valence-electron chi connectivity index (χ4n) is 1.67. The molecule has 4 heteroatoms. The van der Waals surface area contributed by atoms with Gasteiger partial charge >= 0.3 is 0 Å². The quantitative estimate of drug-likeness (QED) is 0.796. The lowest BCUT2D eigenvalue weighted by Crippen LogP contribution is -2.12. The van der Waals surface area contributed by atoms with Gasteiger partial charge in [-0.3, -0.25) is 4.68 Å². The maximum absolute atomic E-state index is 10.1. The molecule has 1 heterocycles. The molecular formula is C13H17N3O. The van der Waals surface area contributed by atoms with E-state index in [1.54, 1.807) is 10.9 Å². The molecule has 0 saturated heterocycles.